The molecule has 1 fully saturated rings. The molecule has 0 spiro atoms. The summed E-state index contributed by atoms with van der Waals surface area (Å²) in [6.45, 7) is 7.59. The summed E-state index contributed by atoms with van der Waals surface area (Å²) >= 11 is 1.74. The zero-order chi connectivity index (χ0) is 20.2. The second kappa shape index (κ2) is 6.91. The minimum absolute atomic E-state index is 0.0787. The molecule has 4 heterocycles. The fourth-order valence-electron chi connectivity index (χ4n) is 3.97. The quantitative estimate of drug-likeness (QED) is 0.619. The molecule has 0 aliphatic carbocycles. The van der Waals surface area contributed by atoms with Gasteiger partial charge in [0.1, 0.15) is 0 Å². The lowest BCUT2D eigenvalue weighted by Gasteiger charge is -2.35. The Balaban J connectivity index is 1.33. The summed E-state index contributed by atoms with van der Waals surface area (Å²) < 4.78 is 25.1. The number of rotatable bonds is 2. The molecular weight excluding hydrogens is 406 g/mol. The zero-order valence-electron chi connectivity index (χ0n) is 16.6. The summed E-state index contributed by atoms with van der Waals surface area (Å²) in [5.74, 6) is 1.03. The molecule has 0 saturated carbocycles. The molecule has 9 heteroatoms. The highest BCUT2D eigenvalue weighted by atomic mass is 32.2. The molecule has 0 amide bonds. The van der Waals surface area contributed by atoms with E-state index < -0.39 is 9.84 Å². The van der Waals surface area contributed by atoms with E-state index in [0.717, 1.165) is 53.9 Å². The van der Waals surface area contributed by atoms with Crippen molar-refractivity contribution in [2.75, 3.05) is 41.7 Å². The van der Waals surface area contributed by atoms with E-state index in [0.29, 0.717) is 6.42 Å². The van der Waals surface area contributed by atoms with Gasteiger partial charge in [-0.2, -0.15) is 5.10 Å². The molecule has 1 aromatic carbocycles. The Morgan fingerprint density at radius 1 is 1.03 bits per heavy atom. The fraction of sp³-hybridized carbons (Fsp3) is 0.450. The van der Waals surface area contributed by atoms with Crippen LogP contribution in [-0.2, 0) is 22.0 Å². The normalized spacial score (nSPS) is 18.8. The topological polar surface area (TPSA) is 79.3 Å². The summed E-state index contributed by atoms with van der Waals surface area (Å²) in [5, 5.41) is 9.74. The first kappa shape index (κ1) is 18.7. The Hall–Kier alpha value is -2.26. The van der Waals surface area contributed by atoms with E-state index in [2.05, 4.69) is 46.0 Å². The van der Waals surface area contributed by atoms with Crippen LogP contribution in [0.15, 0.2) is 18.2 Å². The van der Waals surface area contributed by atoms with Gasteiger partial charge in [-0.25, -0.2) is 13.4 Å². The summed E-state index contributed by atoms with van der Waals surface area (Å²) in [4.78, 5) is 9.41. The van der Waals surface area contributed by atoms with Crippen molar-refractivity contribution >= 4 is 42.3 Å². The first-order valence-corrected chi connectivity index (χ1v) is 12.5. The third-order valence-corrected chi connectivity index (χ3v) is 8.58. The zero-order valence-corrected chi connectivity index (χ0v) is 18.2. The fourth-order valence-corrected chi connectivity index (χ4v) is 6.42. The van der Waals surface area contributed by atoms with Crippen molar-refractivity contribution in [1.82, 2.24) is 15.2 Å². The van der Waals surface area contributed by atoms with E-state index in [4.69, 9.17) is 4.98 Å². The maximum atomic E-state index is 11.9. The third-order valence-electron chi connectivity index (χ3n) is 5.92. The van der Waals surface area contributed by atoms with E-state index >= 15 is 0 Å². The lowest BCUT2D eigenvalue weighted by molar-refractivity contribution is 0.589. The predicted octanol–water partition coefficient (Wildman–Crippen LogP) is 2.50. The number of aryl methyl sites for hydroxylation is 3. The van der Waals surface area contributed by atoms with E-state index in [-0.39, 0.29) is 11.5 Å². The van der Waals surface area contributed by atoms with Crippen molar-refractivity contribution in [3.8, 4) is 0 Å². The Bertz CT molecular complexity index is 1200. The first-order chi connectivity index (χ1) is 13.9. The monoisotopic (exact) mass is 429 g/mol. The third kappa shape index (κ3) is 3.46. The molecule has 1 saturated heterocycles. The number of thiazole rings is 1. The molecule has 0 N–H and O–H groups in total. The van der Waals surface area contributed by atoms with Crippen molar-refractivity contribution in [2.24, 2.45) is 0 Å². The van der Waals surface area contributed by atoms with Gasteiger partial charge in [0.25, 0.3) is 0 Å². The number of aromatic nitrogens is 3. The summed E-state index contributed by atoms with van der Waals surface area (Å²) in [6, 6.07) is 6.23. The first-order valence-electron chi connectivity index (χ1n) is 9.82. The number of piperazine rings is 1. The lowest BCUT2D eigenvalue weighted by Crippen LogP contribution is -2.47. The minimum Gasteiger partial charge on any atom is -0.352 e. The number of hydrogen-bond acceptors (Lipinski definition) is 8. The van der Waals surface area contributed by atoms with Gasteiger partial charge in [0, 0.05) is 32.6 Å². The molecular formula is C20H23N5O2S2. The number of hydrogen-bond donors (Lipinski definition) is 0. The molecule has 2 aliphatic heterocycles. The molecule has 5 rings (SSSR count). The molecule has 0 atom stereocenters. The van der Waals surface area contributed by atoms with Crippen molar-refractivity contribution in [3.63, 3.8) is 0 Å². The van der Waals surface area contributed by atoms with E-state index in [1.807, 2.05) is 6.07 Å². The highest BCUT2D eigenvalue weighted by Crippen LogP contribution is 2.32. The predicted molar refractivity (Wildman–Crippen MR) is 117 cm³/mol. The van der Waals surface area contributed by atoms with Gasteiger partial charge in [0.15, 0.2) is 20.8 Å². The molecule has 0 radical (unpaired) electrons. The highest BCUT2D eigenvalue weighted by Gasteiger charge is 2.26. The van der Waals surface area contributed by atoms with Gasteiger partial charge in [-0.1, -0.05) is 17.4 Å². The molecule has 29 heavy (non-hydrogen) atoms. The van der Waals surface area contributed by atoms with Gasteiger partial charge in [0.2, 0.25) is 0 Å². The van der Waals surface area contributed by atoms with Crippen LogP contribution in [0.25, 0.3) is 10.2 Å². The number of benzene rings is 1. The van der Waals surface area contributed by atoms with E-state index in [1.54, 1.807) is 11.3 Å². The Morgan fingerprint density at radius 2 is 1.79 bits per heavy atom. The molecule has 2 aromatic heterocycles. The molecule has 152 valence electrons. The van der Waals surface area contributed by atoms with E-state index in [9.17, 15) is 8.42 Å². The van der Waals surface area contributed by atoms with Crippen LogP contribution in [0.4, 0.5) is 10.9 Å². The van der Waals surface area contributed by atoms with Crippen molar-refractivity contribution < 1.29 is 8.42 Å². The van der Waals surface area contributed by atoms with Crippen LogP contribution in [-0.4, -0.2) is 55.5 Å². The van der Waals surface area contributed by atoms with Crippen LogP contribution >= 0.6 is 11.3 Å². The van der Waals surface area contributed by atoms with Crippen molar-refractivity contribution in [2.45, 2.75) is 26.0 Å². The Morgan fingerprint density at radius 3 is 2.59 bits per heavy atom. The standard InChI is InChI=1S/C20H23N5O2S2/c1-13-3-4-17-19(14(13)2)21-20(28-17)25-8-6-24(7-9-25)18-11-15-12-29(26,27)10-5-16(15)22-23-18/h3-4,11H,5-10,12H2,1-2H3. The van der Waals surface area contributed by atoms with Crippen LogP contribution in [0.2, 0.25) is 0 Å². The van der Waals surface area contributed by atoms with E-state index in [1.165, 1.54) is 15.8 Å². The highest BCUT2D eigenvalue weighted by molar-refractivity contribution is 7.90. The molecule has 2 aliphatic rings. The average Bonchev–Trinajstić information content (AvgIpc) is 3.15. The SMILES string of the molecule is Cc1ccc2sc(N3CCN(c4cc5c(nn4)CCS(=O)(=O)C5)CC3)nc2c1C. The van der Waals surface area contributed by atoms with Crippen LogP contribution < -0.4 is 9.80 Å². The molecule has 0 unspecified atom stereocenters. The second-order valence-corrected chi connectivity index (χ2v) is 11.0. The number of fused-ring (bicyclic) bond motifs is 2. The van der Waals surface area contributed by atoms with Gasteiger partial charge in [0.05, 0.1) is 27.4 Å². The molecule has 7 nitrogen and oxygen atoms in total. The van der Waals surface area contributed by atoms with Gasteiger partial charge in [-0.3, -0.25) is 0 Å². The maximum absolute atomic E-state index is 11.9. The Labute approximate surface area is 174 Å². The van der Waals surface area contributed by atoms with Gasteiger partial charge < -0.3 is 9.80 Å². The van der Waals surface area contributed by atoms with Gasteiger partial charge >= 0.3 is 0 Å². The smallest absolute Gasteiger partial charge is 0.186 e. The van der Waals surface area contributed by atoms with Crippen LogP contribution in [0, 0.1) is 13.8 Å². The number of anilines is 2. The van der Waals surface area contributed by atoms with Crippen LogP contribution in [0.1, 0.15) is 22.4 Å². The van der Waals surface area contributed by atoms with Crippen molar-refractivity contribution in [1.29, 1.82) is 0 Å². The summed E-state index contributed by atoms with van der Waals surface area (Å²) in [7, 11) is -3.01. The van der Waals surface area contributed by atoms with Crippen molar-refractivity contribution in [3.05, 3.63) is 40.6 Å². The minimum atomic E-state index is -3.01. The number of sulfone groups is 1. The van der Waals surface area contributed by atoms with Gasteiger partial charge in [-0.15, -0.1) is 5.10 Å². The average molecular weight is 430 g/mol. The second-order valence-electron chi connectivity index (χ2n) is 7.84. The largest absolute Gasteiger partial charge is 0.352 e. The molecule has 3 aromatic rings. The van der Waals surface area contributed by atoms with Gasteiger partial charge in [-0.05, 0) is 42.7 Å². The Kier molecular flexibility index (Phi) is 4.47. The summed E-state index contributed by atoms with van der Waals surface area (Å²) in [5.41, 5.74) is 5.26. The summed E-state index contributed by atoms with van der Waals surface area (Å²) in [6.07, 6.45) is 0.467. The van der Waals surface area contributed by atoms with Crippen LogP contribution in [0.5, 0.6) is 0 Å². The number of nitrogens with zero attached hydrogens (tertiary/aromatic N) is 5. The molecule has 0 bridgehead atoms. The lowest BCUT2D eigenvalue weighted by atomic mass is 10.1. The maximum Gasteiger partial charge on any atom is 0.186 e. The van der Waals surface area contributed by atoms with Crippen LogP contribution in [0.3, 0.4) is 0 Å².